The van der Waals surface area contributed by atoms with Crippen LogP contribution in [-0.2, 0) is 14.6 Å². The molecule has 1 atom stereocenters. The number of carbonyl (C=O) groups is 2. The normalized spacial score (nSPS) is 15.7. The van der Waals surface area contributed by atoms with E-state index < -0.39 is 21.8 Å². The van der Waals surface area contributed by atoms with E-state index in [0.29, 0.717) is 0 Å². The standard InChI is InChI=1S/C15H19ClN2O4S/c1-23(21,22)9-8-13(15(20)17-10-6-7-10)18-14(19)11-4-2-3-5-12(11)16/h2-5,10,13H,6-9H2,1H3,(H,17,20)(H,18,19)/t13-/m0/s1. The number of rotatable bonds is 7. The fraction of sp³-hybridized carbons (Fsp3) is 0.467. The summed E-state index contributed by atoms with van der Waals surface area (Å²) in [6.07, 6.45) is 2.93. The molecule has 6 nitrogen and oxygen atoms in total. The molecule has 2 N–H and O–H groups in total. The monoisotopic (exact) mass is 358 g/mol. The van der Waals surface area contributed by atoms with Crippen LogP contribution in [0.15, 0.2) is 24.3 Å². The zero-order valence-electron chi connectivity index (χ0n) is 12.7. The first-order valence-electron chi connectivity index (χ1n) is 7.30. The first-order valence-corrected chi connectivity index (χ1v) is 9.73. The molecule has 0 aliphatic heterocycles. The van der Waals surface area contributed by atoms with Gasteiger partial charge in [0.1, 0.15) is 15.9 Å². The van der Waals surface area contributed by atoms with Crippen molar-refractivity contribution in [1.82, 2.24) is 10.6 Å². The molecule has 1 aliphatic rings. The summed E-state index contributed by atoms with van der Waals surface area (Å²) in [6.45, 7) is 0. The quantitative estimate of drug-likeness (QED) is 0.764. The first-order chi connectivity index (χ1) is 10.8. The van der Waals surface area contributed by atoms with E-state index in [-0.39, 0.29) is 34.7 Å². The third-order valence-electron chi connectivity index (χ3n) is 3.44. The van der Waals surface area contributed by atoms with Crippen molar-refractivity contribution in [2.75, 3.05) is 12.0 Å². The molecule has 1 aromatic carbocycles. The Labute approximate surface area is 140 Å². The van der Waals surface area contributed by atoms with E-state index >= 15 is 0 Å². The van der Waals surface area contributed by atoms with Crippen molar-refractivity contribution in [3.05, 3.63) is 34.9 Å². The fourth-order valence-electron chi connectivity index (χ4n) is 2.01. The van der Waals surface area contributed by atoms with Crippen molar-refractivity contribution >= 4 is 33.3 Å². The number of hydrogen-bond donors (Lipinski definition) is 2. The third kappa shape index (κ3) is 5.84. The van der Waals surface area contributed by atoms with E-state index in [1.165, 1.54) is 0 Å². The van der Waals surface area contributed by atoms with E-state index in [0.717, 1.165) is 19.1 Å². The number of benzene rings is 1. The second-order valence-corrected chi connectivity index (χ2v) is 8.37. The second kappa shape index (κ2) is 7.31. The Morgan fingerprint density at radius 1 is 1.30 bits per heavy atom. The molecule has 126 valence electrons. The largest absolute Gasteiger partial charge is 0.352 e. The Kier molecular flexibility index (Phi) is 5.64. The van der Waals surface area contributed by atoms with Crippen LogP contribution in [0.2, 0.25) is 5.02 Å². The summed E-state index contributed by atoms with van der Waals surface area (Å²) in [4.78, 5) is 24.5. The molecule has 0 heterocycles. The molecule has 1 saturated carbocycles. The summed E-state index contributed by atoms with van der Waals surface area (Å²) >= 11 is 5.97. The van der Waals surface area contributed by atoms with Crippen molar-refractivity contribution in [3.63, 3.8) is 0 Å². The van der Waals surface area contributed by atoms with E-state index in [2.05, 4.69) is 10.6 Å². The van der Waals surface area contributed by atoms with Gasteiger partial charge in [0, 0.05) is 12.3 Å². The van der Waals surface area contributed by atoms with Gasteiger partial charge in [0.15, 0.2) is 0 Å². The number of hydrogen-bond acceptors (Lipinski definition) is 4. The highest BCUT2D eigenvalue weighted by Gasteiger charge is 2.29. The van der Waals surface area contributed by atoms with Gasteiger partial charge in [0.25, 0.3) is 5.91 Å². The van der Waals surface area contributed by atoms with Gasteiger partial charge in [0.2, 0.25) is 5.91 Å². The SMILES string of the molecule is CS(=O)(=O)CC[C@H](NC(=O)c1ccccc1Cl)C(=O)NC1CC1. The minimum Gasteiger partial charge on any atom is -0.352 e. The minimum atomic E-state index is -3.23. The highest BCUT2D eigenvalue weighted by atomic mass is 35.5. The molecule has 0 unspecified atom stereocenters. The lowest BCUT2D eigenvalue weighted by atomic mass is 10.1. The van der Waals surface area contributed by atoms with Gasteiger partial charge in [-0.1, -0.05) is 23.7 Å². The molecule has 1 aliphatic carbocycles. The molecular weight excluding hydrogens is 340 g/mol. The van der Waals surface area contributed by atoms with Gasteiger partial charge >= 0.3 is 0 Å². The van der Waals surface area contributed by atoms with Gasteiger partial charge < -0.3 is 10.6 Å². The summed E-state index contributed by atoms with van der Waals surface area (Å²) in [6, 6.07) is 5.70. The van der Waals surface area contributed by atoms with Crippen LogP contribution in [0.5, 0.6) is 0 Å². The molecule has 1 fully saturated rings. The summed E-state index contributed by atoms with van der Waals surface area (Å²) in [5.74, 6) is -1.05. The van der Waals surface area contributed by atoms with E-state index in [1.807, 2.05) is 0 Å². The summed E-state index contributed by atoms with van der Waals surface area (Å²) < 4.78 is 22.7. The molecular formula is C15H19ClN2O4S. The lowest BCUT2D eigenvalue weighted by Gasteiger charge is -2.18. The van der Waals surface area contributed by atoms with Crippen LogP contribution in [0.4, 0.5) is 0 Å². The first kappa shape index (κ1) is 17.7. The second-order valence-electron chi connectivity index (χ2n) is 5.71. The third-order valence-corrected chi connectivity index (χ3v) is 4.75. The van der Waals surface area contributed by atoms with Crippen LogP contribution in [0.3, 0.4) is 0 Å². The van der Waals surface area contributed by atoms with Crippen LogP contribution < -0.4 is 10.6 Å². The highest BCUT2D eigenvalue weighted by molar-refractivity contribution is 7.90. The van der Waals surface area contributed by atoms with Crippen molar-refractivity contribution in [2.45, 2.75) is 31.3 Å². The van der Waals surface area contributed by atoms with Gasteiger partial charge in [-0.15, -0.1) is 0 Å². The van der Waals surface area contributed by atoms with Crippen LogP contribution in [0.1, 0.15) is 29.6 Å². The fourth-order valence-corrected chi connectivity index (χ4v) is 2.90. The highest BCUT2D eigenvalue weighted by Crippen LogP contribution is 2.19. The van der Waals surface area contributed by atoms with E-state index in [9.17, 15) is 18.0 Å². The maximum absolute atomic E-state index is 12.3. The Morgan fingerprint density at radius 3 is 2.52 bits per heavy atom. The Hall–Kier alpha value is -1.60. The number of sulfone groups is 1. The molecule has 2 rings (SSSR count). The number of amides is 2. The smallest absolute Gasteiger partial charge is 0.253 e. The lowest BCUT2D eigenvalue weighted by Crippen LogP contribution is -2.48. The Balaban J connectivity index is 2.07. The number of halogens is 1. The summed E-state index contributed by atoms with van der Waals surface area (Å²) in [7, 11) is -3.23. The van der Waals surface area contributed by atoms with Gasteiger partial charge in [-0.25, -0.2) is 8.42 Å². The molecule has 0 spiro atoms. The van der Waals surface area contributed by atoms with Crippen molar-refractivity contribution in [1.29, 1.82) is 0 Å². The maximum Gasteiger partial charge on any atom is 0.253 e. The Bertz CT molecular complexity index is 701. The number of nitrogens with one attached hydrogen (secondary N) is 2. The van der Waals surface area contributed by atoms with Crippen molar-refractivity contribution < 1.29 is 18.0 Å². The van der Waals surface area contributed by atoms with Crippen molar-refractivity contribution in [2.24, 2.45) is 0 Å². The van der Waals surface area contributed by atoms with Gasteiger partial charge in [-0.05, 0) is 31.4 Å². The average molecular weight is 359 g/mol. The van der Waals surface area contributed by atoms with Crippen LogP contribution in [0, 0.1) is 0 Å². The molecule has 0 aromatic heterocycles. The van der Waals surface area contributed by atoms with E-state index in [4.69, 9.17) is 11.6 Å². The van der Waals surface area contributed by atoms with Gasteiger partial charge in [0.05, 0.1) is 16.3 Å². The van der Waals surface area contributed by atoms with Gasteiger partial charge in [-0.3, -0.25) is 9.59 Å². The Morgan fingerprint density at radius 2 is 1.96 bits per heavy atom. The van der Waals surface area contributed by atoms with Crippen molar-refractivity contribution in [3.8, 4) is 0 Å². The zero-order chi connectivity index (χ0) is 17.0. The molecule has 0 radical (unpaired) electrons. The predicted molar refractivity (Wildman–Crippen MR) is 88.2 cm³/mol. The van der Waals surface area contributed by atoms with E-state index in [1.54, 1.807) is 24.3 Å². The predicted octanol–water partition coefficient (Wildman–Crippen LogP) is 1.15. The van der Waals surface area contributed by atoms with Gasteiger partial charge in [-0.2, -0.15) is 0 Å². The lowest BCUT2D eigenvalue weighted by molar-refractivity contribution is -0.123. The van der Waals surface area contributed by atoms with Crippen LogP contribution in [0.25, 0.3) is 0 Å². The average Bonchev–Trinajstić information content (AvgIpc) is 3.26. The van der Waals surface area contributed by atoms with Crippen LogP contribution in [-0.4, -0.2) is 44.3 Å². The minimum absolute atomic E-state index is 0.0214. The molecule has 23 heavy (non-hydrogen) atoms. The topological polar surface area (TPSA) is 92.3 Å². The summed E-state index contributed by atoms with van der Waals surface area (Å²) in [5.41, 5.74) is 0.248. The maximum atomic E-state index is 12.3. The molecule has 0 saturated heterocycles. The molecule has 1 aromatic rings. The molecule has 2 amide bonds. The zero-order valence-corrected chi connectivity index (χ0v) is 14.3. The van der Waals surface area contributed by atoms with Crippen LogP contribution >= 0.6 is 11.6 Å². The number of carbonyl (C=O) groups excluding carboxylic acids is 2. The molecule has 0 bridgehead atoms. The summed E-state index contributed by atoms with van der Waals surface area (Å²) in [5, 5.41) is 5.63. The molecule has 8 heteroatoms.